The van der Waals surface area contributed by atoms with Gasteiger partial charge in [-0.1, -0.05) is 32.1 Å². The van der Waals surface area contributed by atoms with Crippen LogP contribution in [0.15, 0.2) is 22.6 Å². The Balaban J connectivity index is 1.89. The molecule has 0 radical (unpaired) electrons. The first-order chi connectivity index (χ1) is 10.4. The molecule has 0 saturated carbocycles. The molecular formula is C13H13N5O2S2. The normalized spacial score (nSPS) is 11.8. The highest BCUT2D eigenvalue weighted by Gasteiger charge is 2.21. The molecule has 3 aromatic heterocycles. The zero-order valence-electron chi connectivity index (χ0n) is 12.2. The van der Waals surface area contributed by atoms with E-state index in [9.17, 15) is 9.59 Å². The minimum Gasteiger partial charge on any atom is -0.296 e. The molecule has 0 spiro atoms. The van der Waals surface area contributed by atoms with Crippen molar-refractivity contribution in [3.63, 3.8) is 0 Å². The minimum atomic E-state index is -0.533. The number of nitrogens with zero attached hydrogens (tertiary/aromatic N) is 4. The van der Waals surface area contributed by atoms with E-state index in [-0.39, 0.29) is 11.0 Å². The van der Waals surface area contributed by atoms with Crippen LogP contribution in [0, 0.1) is 0 Å². The largest absolute Gasteiger partial charge is 0.296 e. The van der Waals surface area contributed by atoms with Gasteiger partial charge < -0.3 is 0 Å². The molecule has 0 saturated heterocycles. The zero-order valence-corrected chi connectivity index (χ0v) is 13.8. The predicted molar refractivity (Wildman–Crippen MR) is 85.9 cm³/mol. The van der Waals surface area contributed by atoms with Crippen LogP contribution < -0.4 is 10.9 Å². The molecule has 0 aliphatic heterocycles. The third-order valence-corrected chi connectivity index (χ3v) is 4.91. The van der Waals surface area contributed by atoms with Gasteiger partial charge in [0, 0.05) is 23.2 Å². The van der Waals surface area contributed by atoms with E-state index in [1.54, 1.807) is 11.6 Å². The van der Waals surface area contributed by atoms with Crippen LogP contribution in [-0.2, 0) is 5.41 Å². The summed E-state index contributed by atoms with van der Waals surface area (Å²) in [5, 5.41) is 13.5. The highest BCUT2D eigenvalue weighted by Crippen LogP contribution is 2.27. The van der Waals surface area contributed by atoms with Crippen LogP contribution in [0.4, 0.5) is 5.13 Å². The van der Waals surface area contributed by atoms with E-state index in [0.29, 0.717) is 10.1 Å². The van der Waals surface area contributed by atoms with Gasteiger partial charge in [0.1, 0.15) is 10.6 Å². The second-order valence-electron chi connectivity index (χ2n) is 5.65. The van der Waals surface area contributed by atoms with Crippen molar-refractivity contribution in [1.82, 2.24) is 19.6 Å². The SMILES string of the molecule is CC(C)(C)c1nnc(NC(=O)c2cnc3sccn3c2=O)s1. The van der Waals surface area contributed by atoms with Crippen LogP contribution in [0.1, 0.15) is 36.1 Å². The highest BCUT2D eigenvalue weighted by atomic mass is 32.1. The Labute approximate surface area is 133 Å². The van der Waals surface area contributed by atoms with Crippen LogP contribution in [0.25, 0.3) is 4.96 Å². The quantitative estimate of drug-likeness (QED) is 0.775. The first-order valence-electron chi connectivity index (χ1n) is 6.46. The van der Waals surface area contributed by atoms with Crippen LogP contribution in [0.2, 0.25) is 0 Å². The average Bonchev–Trinajstić information content (AvgIpc) is 3.06. The molecule has 3 aromatic rings. The van der Waals surface area contributed by atoms with Crippen molar-refractivity contribution in [2.75, 3.05) is 5.32 Å². The molecule has 9 heteroatoms. The molecule has 22 heavy (non-hydrogen) atoms. The number of nitrogens with one attached hydrogen (secondary N) is 1. The van der Waals surface area contributed by atoms with Crippen molar-refractivity contribution in [3.8, 4) is 0 Å². The minimum absolute atomic E-state index is 0.0246. The van der Waals surface area contributed by atoms with Gasteiger partial charge in [0.25, 0.3) is 11.5 Å². The van der Waals surface area contributed by atoms with Gasteiger partial charge in [-0.25, -0.2) is 4.98 Å². The van der Waals surface area contributed by atoms with Gasteiger partial charge in [-0.15, -0.1) is 21.5 Å². The maximum Gasteiger partial charge on any atom is 0.271 e. The number of aromatic nitrogens is 4. The van der Waals surface area contributed by atoms with Gasteiger partial charge in [0.15, 0.2) is 4.96 Å². The number of carbonyl (C=O) groups excluding carboxylic acids is 1. The number of hydrogen-bond acceptors (Lipinski definition) is 7. The first kappa shape index (κ1) is 14.8. The number of thiazole rings is 1. The molecule has 0 unspecified atom stereocenters. The summed E-state index contributed by atoms with van der Waals surface area (Å²) in [5.41, 5.74) is -0.565. The second kappa shape index (κ2) is 5.25. The number of hydrogen-bond donors (Lipinski definition) is 1. The van der Waals surface area contributed by atoms with Gasteiger partial charge in [0.2, 0.25) is 5.13 Å². The molecule has 0 atom stereocenters. The lowest BCUT2D eigenvalue weighted by molar-refractivity contribution is 0.102. The fourth-order valence-corrected chi connectivity index (χ4v) is 3.19. The molecule has 0 aliphatic rings. The second-order valence-corrected chi connectivity index (χ2v) is 7.50. The molecule has 114 valence electrons. The van der Waals surface area contributed by atoms with Gasteiger partial charge in [-0.05, 0) is 0 Å². The predicted octanol–water partition coefficient (Wildman–Crippen LogP) is 2.16. The van der Waals surface area contributed by atoms with Gasteiger partial charge in [0.05, 0.1) is 0 Å². The Bertz CT molecular complexity index is 903. The Morgan fingerprint density at radius 3 is 2.77 bits per heavy atom. The summed E-state index contributed by atoms with van der Waals surface area (Å²) in [6, 6.07) is 0. The molecule has 1 N–H and O–H groups in total. The van der Waals surface area contributed by atoms with Crippen molar-refractivity contribution in [1.29, 1.82) is 0 Å². The molecule has 1 amide bonds. The van der Waals surface area contributed by atoms with Crippen molar-refractivity contribution in [3.05, 3.63) is 38.7 Å². The summed E-state index contributed by atoms with van der Waals surface area (Å²) in [6.07, 6.45) is 2.88. The molecule has 3 heterocycles. The number of rotatable bonds is 2. The number of amides is 1. The summed E-state index contributed by atoms with van der Waals surface area (Å²) in [4.78, 5) is 29.1. The monoisotopic (exact) mass is 335 g/mol. The van der Waals surface area contributed by atoms with Crippen LogP contribution in [0.5, 0.6) is 0 Å². The summed E-state index contributed by atoms with van der Waals surface area (Å²) in [7, 11) is 0. The fraction of sp³-hybridized carbons (Fsp3) is 0.308. The number of carbonyl (C=O) groups is 1. The maximum atomic E-state index is 12.2. The highest BCUT2D eigenvalue weighted by molar-refractivity contribution is 7.15. The van der Waals surface area contributed by atoms with Crippen molar-refractivity contribution < 1.29 is 4.79 Å². The van der Waals surface area contributed by atoms with Crippen LogP contribution in [0.3, 0.4) is 0 Å². The van der Waals surface area contributed by atoms with E-state index in [0.717, 1.165) is 5.01 Å². The van der Waals surface area contributed by atoms with Crippen molar-refractivity contribution >= 4 is 38.7 Å². The molecule has 0 aromatic carbocycles. The molecule has 0 fully saturated rings. The van der Waals surface area contributed by atoms with E-state index in [4.69, 9.17) is 0 Å². The summed E-state index contributed by atoms with van der Waals surface area (Å²) in [6.45, 7) is 6.04. The van der Waals surface area contributed by atoms with Crippen molar-refractivity contribution in [2.45, 2.75) is 26.2 Å². The lowest BCUT2D eigenvalue weighted by atomic mass is 9.98. The molecule has 7 nitrogen and oxygen atoms in total. The van der Waals surface area contributed by atoms with E-state index < -0.39 is 11.5 Å². The van der Waals surface area contributed by atoms with Gasteiger partial charge in [-0.3, -0.25) is 19.3 Å². The Hall–Kier alpha value is -2.13. The fourth-order valence-electron chi connectivity index (χ4n) is 1.72. The van der Waals surface area contributed by atoms with E-state index >= 15 is 0 Å². The molecule has 0 bridgehead atoms. The molecule has 0 aliphatic carbocycles. The number of fused-ring (bicyclic) bond motifs is 1. The Morgan fingerprint density at radius 1 is 1.32 bits per heavy atom. The third kappa shape index (κ3) is 2.64. The van der Waals surface area contributed by atoms with E-state index in [1.165, 1.54) is 33.3 Å². The standard InChI is InChI=1S/C13H13N5O2S2/c1-13(2,3)10-16-17-11(22-10)15-8(19)7-6-14-12-18(9(7)20)4-5-21-12/h4-6H,1-3H3,(H,15,17,19). The smallest absolute Gasteiger partial charge is 0.271 e. The van der Waals surface area contributed by atoms with Crippen LogP contribution in [-0.4, -0.2) is 25.5 Å². The topological polar surface area (TPSA) is 89.2 Å². The Kier molecular flexibility index (Phi) is 3.53. The summed E-state index contributed by atoms with van der Waals surface area (Å²) < 4.78 is 1.35. The van der Waals surface area contributed by atoms with Crippen molar-refractivity contribution in [2.24, 2.45) is 0 Å². The third-order valence-electron chi connectivity index (χ3n) is 2.87. The average molecular weight is 335 g/mol. The van der Waals surface area contributed by atoms with Crippen LogP contribution >= 0.6 is 22.7 Å². The summed E-state index contributed by atoms with van der Waals surface area (Å²) >= 11 is 2.62. The first-order valence-corrected chi connectivity index (χ1v) is 8.16. The van der Waals surface area contributed by atoms with E-state index in [1.807, 2.05) is 20.8 Å². The lowest BCUT2D eigenvalue weighted by Crippen LogP contribution is -2.25. The number of anilines is 1. The molecular weight excluding hydrogens is 322 g/mol. The maximum absolute atomic E-state index is 12.2. The van der Waals surface area contributed by atoms with Gasteiger partial charge in [-0.2, -0.15) is 0 Å². The zero-order chi connectivity index (χ0) is 15.9. The lowest BCUT2D eigenvalue weighted by Gasteiger charge is -2.12. The summed E-state index contributed by atoms with van der Waals surface area (Å²) in [5.74, 6) is -0.533. The Morgan fingerprint density at radius 2 is 2.09 bits per heavy atom. The van der Waals surface area contributed by atoms with Gasteiger partial charge >= 0.3 is 0 Å². The van der Waals surface area contributed by atoms with E-state index in [2.05, 4.69) is 20.5 Å². The molecule has 3 rings (SSSR count).